The monoisotopic (exact) mass is 324 g/mol. The van der Waals surface area contributed by atoms with E-state index in [1.165, 1.54) is 6.07 Å². The predicted molar refractivity (Wildman–Crippen MR) is 83.2 cm³/mol. The van der Waals surface area contributed by atoms with Gasteiger partial charge in [-0.2, -0.15) is 0 Å². The van der Waals surface area contributed by atoms with Gasteiger partial charge in [-0.25, -0.2) is 18.4 Å². The van der Waals surface area contributed by atoms with Crippen LogP contribution in [0.25, 0.3) is 0 Å². The minimum Gasteiger partial charge on any atom is -0.367 e. The van der Waals surface area contributed by atoms with Crippen LogP contribution < -0.4 is 15.4 Å². The second-order valence-electron chi connectivity index (χ2n) is 5.71. The fourth-order valence-electron chi connectivity index (χ4n) is 2.60. The Balaban J connectivity index is 1.67. The van der Waals surface area contributed by atoms with Crippen LogP contribution in [0.1, 0.15) is 12.8 Å². The lowest BCUT2D eigenvalue weighted by atomic mass is 10.2. The molecule has 2 amide bonds. The number of nitrogens with one attached hydrogen (secondary N) is 1. The Kier molecular flexibility index (Phi) is 3.96. The van der Waals surface area contributed by atoms with Crippen LogP contribution in [-0.2, 0) is 10.0 Å². The first kappa shape index (κ1) is 15.1. The van der Waals surface area contributed by atoms with Crippen molar-refractivity contribution in [3.63, 3.8) is 0 Å². The highest BCUT2D eigenvalue weighted by molar-refractivity contribution is 7.89. The Labute approximate surface area is 130 Å². The lowest BCUT2D eigenvalue weighted by Gasteiger charge is -2.36. The average molecular weight is 324 g/mol. The normalized spacial score (nSPS) is 19.1. The first-order valence-electron chi connectivity index (χ1n) is 7.37. The van der Waals surface area contributed by atoms with Crippen LogP contribution in [0.3, 0.4) is 0 Å². The molecule has 1 heterocycles. The first-order valence-corrected chi connectivity index (χ1v) is 8.92. The first-order chi connectivity index (χ1) is 10.4. The number of piperazine rings is 1. The van der Waals surface area contributed by atoms with Gasteiger partial charge in [0.05, 0.1) is 5.69 Å². The molecule has 3 rings (SSSR count). The third-order valence-corrected chi connectivity index (χ3v) is 4.94. The third kappa shape index (κ3) is 3.33. The molecule has 0 unspecified atom stereocenters. The van der Waals surface area contributed by atoms with Gasteiger partial charge in [-0.3, -0.25) is 0 Å². The highest BCUT2D eigenvalue weighted by Crippen LogP contribution is 2.25. The number of carbonyl (C=O) groups excluding carboxylic acids is 1. The topological polar surface area (TPSA) is 95.7 Å². The second-order valence-corrected chi connectivity index (χ2v) is 7.24. The Bertz CT molecular complexity index is 664. The number of benzene rings is 1. The van der Waals surface area contributed by atoms with Gasteiger partial charge in [0.15, 0.2) is 0 Å². The summed E-state index contributed by atoms with van der Waals surface area (Å²) in [7, 11) is -3.75. The van der Waals surface area contributed by atoms with Gasteiger partial charge in [-0.05, 0) is 25.0 Å². The number of primary sulfonamides is 1. The molecule has 0 spiro atoms. The molecule has 2 aliphatic rings. The van der Waals surface area contributed by atoms with E-state index in [0.717, 1.165) is 12.8 Å². The number of hydrogen-bond acceptors (Lipinski definition) is 4. The molecule has 1 aromatic rings. The highest BCUT2D eigenvalue weighted by Gasteiger charge is 2.28. The molecular weight excluding hydrogens is 304 g/mol. The summed E-state index contributed by atoms with van der Waals surface area (Å²) >= 11 is 0. The van der Waals surface area contributed by atoms with E-state index >= 15 is 0 Å². The van der Waals surface area contributed by atoms with Crippen molar-refractivity contribution >= 4 is 21.7 Å². The SMILES string of the molecule is NS(=O)(=O)c1ccccc1N1CCN(C(=O)NC2CC2)CC1. The summed E-state index contributed by atoms with van der Waals surface area (Å²) in [5.41, 5.74) is 0.604. The van der Waals surface area contributed by atoms with Crippen LogP contribution >= 0.6 is 0 Å². The molecule has 1 aromatic carbocycles. The van der Waals surface area contributed by atoms with Gasteiger partial charge in [0.2, 0.25) is 10.0 Å². The number of nitrogens with zero attached hydrogens (tertiary/aromatic N) is 2. The Hall–Kier alpha value is -1.80. The Morgan fingerprint density at radius 1 is 1.14 bits per heavy atom. The van der Waals surface area contributed by atoms with Crippen molar-refractivity contribution in [1.82, 2.24) is 10.2 Å². The van der Waals surface area contributed by atoms with Crippen LogP contribution in [-0.4, -0.2) is 51.6 Å². The zero-order valence-electron chi connectivity index (χ0n) is 12.2. The van der Waals surface area contributed by atoms with Gasteiger partial charge in [-0.1, -0.05) is 12.1 Å². The van der Waals surface area contributed by atoms with E-state index in [-0.39, 0.29) is 10.9 Å². The van der Waals surface area contributed by atoms with Gasteiger partial charge in [-0.15, -0.1) is 0 Å². The van der Waals surface area contributed by atoms with Crippen LogP contribution in [0, 0.1) is 0 Å². The quantitative estimate of drug-likeness (QED) is 0.837. The van der Waals surface area contributed by atoms with Gasteiger partial charge in [0, 0.05) is 32.2 Å². The number of sulfonamides is 1. The van der Waals surface area contributed by atoms with E-state index in [1.54, 1.807) is 23.1 Å². The minimum atomic E-state index is -3.75. The molecule has 22 heavy (non-hydrogen) atoms. The number of carbonyl (C=O) groups is 1. The van der Waals surface area contributed by atoms with Crippen molar-refractivity contribution in [2.24, 2.45) is 5.14 Å². The van der Waals surface area contributed by atoms with Gasteiger partial charge < -0.3 is 15.1 Å². The third-order valence-electron chi connectivity index (χ3n) is 3.98. The van der Waals surface area contributed by atoms with Crippen molar-refractivity contribution in [2.75, 3.05) is 31.1 Å². The van der Waals surface area contributed by atoms with E-state index in [1.807, 2.05) is 4.90 Å². The van der Waals surface area contributed by atoms with E-state index < -0.39 is 10.0 Å². The molecule has 120 valence electrons. The van der Waals surface area contributed by atoms with Gasteiger partial charge >= 0.3 is 6.03 Å². The lowest BCUT2D eigenvalue weighted by molar-refractivity contribution is 0.194. The number of rotatable bonds is 3. The molecule has 0 bridgehead atoms. The number of nitrogens with two attached hydrogens (primary N) is 1. The summed E-state index contributed by atoms with van der Waals surface area (Å²) in [6.07, 6.45) is 2.13. The molecule has 1 saturated heterocycles. The van der Waals surface area contributed by atoms with E-state index in [9.17, 15) is 13.2 Å². The van der Waals surface area contributed by atoms with Crippen LogP contribution in [0.15, 0.2) is 29.2 Å². The largest absolute Gasteiger partial charge is 0.367 e. The smallest absolute Gasteiger partial charge is 0.317 e. The standard InChI is InChI=1S/C14H20N4O3S/c15-22(20,21)13-4-2-1-3-12(13)17-7-9-18(10-8-17)14(19)16-11-5-6-11/h1-4,11H,5-10H2,(H,16,19)(H2,15,20,21). The molecule has 0 atom stereocenters. The van der Waals surface area contributed by atoms with Crippen LogP contribution in [0.5, 0.6) is 0 Å². The highest BCUT2D eigenvalue weighted by atomic mass is 32.2. The fourth-order valence-corrected chi connectivity index (χ4v) is 3.36. The van der Waals surface area contributed by atoms with Crippen LogP contribution in [0.2, 0.25) is 0 Å². The molecule has 1 aliphatic heterocycles. The molecule has 3 N–H and O–H groups in total. The molecule has 8 heteroatoms. The van der Waals surface area contributed by atoms with E-state index in [2.05, 4.69) is 5.32 Å². The zero-order valence-corrected chi connectivity index (χ0v) is 13.1. The number of amides is 2. The number of urea groups is 1. The fraction of sp³-hybridized carbons (Fsp3) is 0.500. The molecule has 1 aliphatic carbocycles. The van der Waals surface area contributed by atoms with E-state index in [4.69, 9.17) is 5.14 Å². The Morgan fingerprint density at radius 2 is 1.77 bits per heavy atom. The average Bonchev–Trinajstić information content (AvgIpc) is 3.30. The maximum Gasteiger partial charge on any atom is 0.317 e. The molecule has 1 saturated carbocycles. The minimum absolute atomic E-state index is 0.0260. The maximum atomic E-state index is 12.0. The number of para-hydroxylation sites is 1. The van der Waals surface area contributed by atoms with Crippen molar-refractivity contribution in [3.8, 4) is 0 Å². The lowest BCUT2D eigenvalue weighted by Crippen LogP contribution is -2.52. The van der Waals surface area contributed by atoms with E-state index in [0.29, 0.717) is 37.9 Å². The second kappa shape index (κ2) is 5.77. The van der Waals surface area contributed by atoms with Gasteiger partial charge in [0.1, 0.15) is 4.90 Å². The Morgan fingerprint density at radius 3 is 2.36 bits per heavy atom. The summed E-state index contributed by atoms with van der Waals surface area (Å²) in [6, 6.07) is 7.02. The summed E-state index contributed by atoms with van der Waals surface area (Å²) < 4.78 is 23.3. The molecular formula is C14H20N4O3S. The molecule has 0 radical (unpaired) electrons. The van der Waals surface area contributed by atoms with Crippen LogP contribution in [0.4, 0.5) is 10.5 Å². The summed E-state index contributed by atoms with van der Waals surface area (Å²) in [5, 5.41) is 8.24. The van der Waals surface area contributed by atoms with Crippen molar-refractivity contribution < 1.29 is 13.2 Å². The molecule has 2 fully saturated rings. The summed E-state index contributed by atoms with van der Waals surface area (Å²) in [5.74, 6) is 0. The van der Waals surface area contributed by atoms with Crippen molar-refractivity contribution in [1.29, 1.82) is 0 Å². The number of hydrogen-bond donors (Lipinski definition) is 2. The van der Waals surface area contributed by atoms with Crippen molar-refractivity contribution in [2.45, 2.75) is 23.8 Å². The predicted octanol–water partition coefficient (Wildman–Crippen LogP) is 0.328. The summed E-state index contributed by atoms with van der Waals surface area (Å²) in [6.45, 7) is 2.31. The summed E-state index contributed by atoms with van der Waals surface area (Å²) in [4.78, 5) is 15.9. The molecule has 7 nitrogen and oxygen atoms in total. The maximum absolute atomic E-state index is 12.0. The zero-order chi connectivity index (χ0) is 15.7. The van der Waals surface area contributed by atoms with Gasteiger partial charge in [0.25, 0.3) is 0 Å². The molecule has 0 aromatic heterocycles. The number of anilines is 1. The van der Waals surface area contributed by atoms with Crippen molar-refractivity contribution in [3.05, 3.63) is 24.3 Å².